The molecular weight excluding hydrogens is 424 g/mol. The average molecular weight is 453 g/mol. The molecular formula is C24H28N4O3S. The van der Waals surface area contributed by atoms with Crippen LogP contribution in [0.5, 0.6) is 0 Å². The van der Waals surface area contributed by atoms with Crippen molar-refractivity contribution in [3.8, 4) is 0 Å². The summed E-state index contributed by atoms with van der Waals surface area (Å²) in [7, 11) is -3.58. The van der Waals surface area contributed by atoms with Crippen LogP contribution >= 0.6 is 0 Å². The second kappa shape index (κ2) is 8.67. The van der Waals surface area contributed by atoms with Gasteiger partial charge in [-0.05, 0) is 62.1 Å². The van der Waals surface area contributed by atoms with Crippen LogP contribution in [-0.2, 0) is 23.0 Å². The molecule has 1 aromatic heterocycles. The highest BCUT2D eigenvalue weighted by molar-refractivity contribution is 7.89. The quantitative estimate of drug-likeness (QED) is 0.643. The minimum absolute atomic E-state index is 0.167. The molecule has 2 aliphatic heterocycles. The van der Waals surface area contributed by atoms with Crippen LogP contribution in [0, 0.1) is 0 Å². The Balaban J connectivity index is 1.37. The second-order valence-electron chi connectivity index (χ2n) is 8.64. The lowest BCUT2D eigenvalue weighted by molar-refractivity contribution is 0.102. The van der Waals surface area contributed by atoms with Gasteiger partial charge in [-0.1, -0.05) is 18.9 Å². The first-order valence-electron chi connectivity index (χ1n) is 11.4. The van der Waals surface area contributed by atoms with Crippen molar-refractivity contribution in [2.24, 2.45) is 0 Å². The Morgan fingerprint density at radius 3 is 2.53 bits per heavy atom. The standard InChI is InChI=1S/C24H28N4O3S/c29-24(18-8-7-9-20(16-18)32(30,31)27-13-4-2-5-14-27)25-19-11-12-22-21(17-19)26-23-10-3-1-6-15-28(22)23/h7-9,11-12,16-17H,1-6,10,13-15H2,(H,25,29). The minimum Gasteiger partial charge on any atom is -0.328 e. The first-order valence-corrected chi connectivity index (χ1v) is 12.9. The first kappa shape index (κ1) is 21.2. The normalized spacial score (nSPS) is 17.6. The number of anilines is 1. The lowest BCUT2D eigenvalue weighted by Gasteiger charge is -2.26. The number of rotatable bonds is 4. The summed E-state index contributed by atoms with van der Waals surface area (Å²) in [4.78, 5) is 17.8. The van der Waals surface area contributed by atoms with Crippen molar-refractivity contribution in [3.05, 3.63) is 53.9 Å². The molecule has 0 atom stereocenters. The van der Waals surface area contributed by atoms with Gasteiger partial charge >= 0.3 is 0 Å². The topological polar surface area (TPSA) is 84.3 Å². The lowest BCUT2D eigenvalue weighted by atomic mass is 10.2. The van der Waals surface area contributed by atoms with Crippen LogP contribution in [0.15, 0.2) is 47.4 Å². The van der Waals surface area contributed by atoms with Gasteiger partial charge in [0.15, 0.2) is 0 Å². The number of piperidine rings is 1. The highest BCUT2D eigenvalue weighted by atomic mass is 32.2. The van der Waals surface area contributed by atoms with E-state index in [4.69, 9.17) is 4.98 Å². The van der Waals surface area contributed by atoms with Crippen molar-refractivity contribution in [1.82, 2.24) is 13.9 Å². The number of carbonyl (C=O) groups excluding carboxylic acids is 1. The van der Waals surface area contributed by atoms with Gasteiger partial charge in [-0.3, -0.25) is 4.79 Å². The van der Waals surface area contributed by atoms with E-state index in [0.717, 1.165) is 61.9 Å². The number of hydrogen-bond acceptors (Lipinski definition) is 4. The average Bonchev–Trinajstić information content (AvgIpc) is 2.99. The zero-order chi connectivity index (χ0) is 22.1. The van der Waals surface area contributed by atoms with E-state index in [1.54, 1.807) is 18.2 Å². The zero-order valence-corrected chi connectivity index (χ0v) is 18.9. The lowest BCUT2D eigenvalue weighted by Crippen LogP contribution is -2.35. The molecule has 168 valence electrons. The van der Waals surface area contributed by atoms with Gasteiger partial charge in [0.1, 0.15) is 5.82 Å². The van der Waals surface area contributed by atoms with Gasteiger partial charge in [0.05, 0.1) is 15.9 Å². The molecule has 0 unspecified atom stereocenters. The molecule has 5 rings (SSSR count). The van der Waals surface area contributed by atoms with Crippen molar-refractivity contribution in [3.63, 3.8) is 0 Å². The van der Waals surface area contributed by atoms with E-state index in [9.17, 15) is 13.2 Å². The van der Waals surface area contributed by atoms with Crippen LogP contribution in [0.2, 0.25) is 0 Å². The van der Waals surface area contributed by atoms with Crippen LogP contribution in [0.4, 0.5) is 5.69 Å². The fourth-order valence-corrected chi connectivity index (χ4v) is 6.25. The number of hydrogen-bond donors (Lipinski definition) is 1. The van der Waals surface area contributed by atoms with Gasteiger partial charge in [0.2, 0.25) is 10.0 Å². The number of carbonyl (C=O) groups is 1. The molecule has 0 spiro atoms. The Morgan fingerprint density at radius 2 is 1.69 bits per heavy atom. The molecule has 2 aromatic carbocycles. The first-order chi connectivity index (χ1) is 15.5. The predicted molar refractivity (Wildman–Crippen MR) is 124 cm³/mol. The molecule has 1 fully saturated rings. The van der Waals surface area contributed by atoms with Crippen molar-refractivity contribution >= 4 is 32.7 Å². The molecule has 1 amide bonds. The Kier molecular flexibility index (Phi) is 5.73. The maximum atomic E-state index is 13.0. The summed E-state index contributed by atoms with van der Waals surface area (Å²) in [6.45, 7) is 2.05. The van der Waals surface area contributed by atoms with E-state index in [1.807, 2.05) is 18.2 Å². The molecule has 0 saturated carbocycles. The van der Waals surface area contributed by atoms with E-state index in [2.05, 4.69) is 9.88 Å². The maximum absolute atomic E-state index is 13.0. The molecule has 32 heavy (non-hydrogen) atoms. The Bertz CT molecular complexity index is 1260. The fraction of sp³-hybridized carbons (Fsp3) is 0.417. The van der Waals surface area contributed by atoms with Crippen molar-refractivity contribution in [2.75, 3.05) is 18.4 Å². The summed E-state index contributed by atoms with van der Waals surface area (Å²) in [5, 5.41) is 2.90. The summed E-state index contributed by atoms with van der Waals surface area (Å²) in [5.74, 6) is 0.775. The molecule has 0 radical (unpaired) electrons. The summed E-state index contributed by atoms with van der Waals surface area (Å²) in [6.07, 6.45) is 7.33. The monoisotopic (exact) mass is 452 g/mol. The zero-order valence-electron chi connectivity index (χ0n) is 18.1. The molecule has 2 aliphatic rings. The Labute approximate surface area is 188 Å². The summed E-state index contributed by atoms with van der Waals surface area (Å²) in [5.41, 5.74) is 2.94. The van der Waals surface area contributed by atoms with Crippen molar-refractivity contribution in [2.45, 2.75) is 56.4 Å². The second-order valence-corrected chi connectivity index (χ2v) is 10.6. The van der Waals surface area contributed by atoms with Crippen LogP contribution < -0.4 is 5.32 Å². The molecule has 0 bridgehead atoms. The number of nitrogens with zero attached hydrogens (tertiary/aromatic N) is 3. The third-order valence-corrected chi connectivity index (χ3v) is 8.31. The van der Waals surface area contributed by atoms with Gasteiger partial charge in [-0.25, -0.2) is 13.4 Å². The minimum atomic E-state index is -3.58. The molecule has 1 N–H and O–H groups in total. The molecule has 3 heterocycles. The molecule has 0 aliphatic carbocycles. The highest BCUT2D eigenvalue weighted by Gasteiger charge is 2.26. The van der Waals surface area contributed by atoms with Gasteiger partial charge in [-0.15, -0.1) is 0 Å². The number of aryl methyl sites for hydroxylation is 2. The van der Waals surface area contributed by atoms with Crippen LogP contribution in [0.3, 0.4) is 0 Å². The molecule has 8 heteroatoms. The van der Waals surface area contributed by atoms with E-state index >= 15 is 0 Å². The Morgan fingerprint density at radius 1 is 0.906 bits per heavy atom. The molecule has 7 nitrogen and oxygen atoms in total. The van der Waals surface area contributed by atoms with E-state index < -0.39 is 10.0 Å². The third kappa shape index (κ3) is 4.04. The van der Waals surface area contributed by atoms with Crippen LogP contribution in [0.25, 0.3) is 11.0 Å². The largest absolute Gasteiger partial charge is 0.328 e. The van der Waals surface area contributed by atoms with E-state index in [-0.39, 0.29) is 10.8 Å². The number of fused-ring (bicyclic) bond motifs is 3. The van der Waals surface area contributed by atoms with Gasteiger partial charge in [-0.2, -0.15) is 4.31 Å². The number of imidazole rings is 1. The van der Waals surface area contributed by atoms with Crippen LogP contribution in [-0.4, -0.2) is 41.3 Å². The fourth-order valence-electron chi connectivity index (χ4n) is 4.68. The molecule has 1 saturated heterocycles. The predicted octanol–water partition coefficient (Wildman–Crippen LogP) is 4.19. The third-order valence-electron chi connectivity index (χ3n) is 6.42. The van der Waals surface area contributed by atoms with Crippen LogP contribution in [0.1, 0.15) is 54.7 Å². The summed E-state index contributed by atoms with van der Waals surface area (Å²) in [6, 6.07) is 12.1. The van der Waals surface area contributed by atoms with Gasteiger partial charge in [0, 0.05) is 37.3 Å². The van der Waals surface area contributed by atoms with E-state index in [1.165, 1.54) is 16.8 Å². The van der Waals surface area contributed by atoms with Gasteiger partial charge < -0.3 is 9.88 Å². The number of amides is 1. The summed E-state index contributed by atoms with van der Waals surface area (Å²) < 4.78 is 29.7. The SMILES string of the molecule is O=C(Nc1ccc2c(c1)nc1n2CCCCC1)c1cccc(S(=O)(=O)N2CCCCC2)c1. The maximum Gasteiger partial charge on any atom is 0.255 e. The smallest absolute Gasteiger partial charge is 0.255 e. The number of nitrogens with one attached hydrogen (secondary N) is 1. The number of aromatic nitrogens is 2. The van der Waals surface area contributed by atoms with Crippen molar-refractivity contribution < 1.29 is 13.2 Å². The number of benzene rings is 2. The van der Waals surface area contributed by atoms with Gasteiger partial charge in [0.25, 0.3) is 5.91 Å². The molecule has 3 aromatic rings. The highest BCUT2D eigenvalue weighted by Crippen LogP contribution is 2.25. The van der Waals surface area contributed by atoms with Crippen molar-refractivity contribution in [1.29, 1.82) is 0 Å². The summed E-state index contributed by atoms with van der Waals surface area (Å²) >= 11 is 0. The van der Waals surface area contributed by atoms with E-state index in [0.29, 0.717) is 24.3 Å². The number of sulfonamides is 1. The Hall–Kier alpha value is -2.71.